The molecule has 2 N–H and O–H groups in total. The zero-order chi connectivity index (χ0) is 18.8. The Balaban J connectivity index is 1.38. The zero-order valence-corrected chi connectivity index (χ0v) is 14.8. The van der Waals surface area contributed by atoms with E-state index in [0.29, 0.717) is 30.8 Å². The van der Waals surface area contributed by atoms with Gasteiger partial charge in [-0.25, -0.2) is 4.98 Å². The van der Waals surface area contributed by atoms with Gasteiger partial charge in [-0.15, -0.1) is 0 Å². The number of aryl methyl sites for hydroxylation is 1. The van der Waals surface area contributed by atoms with E-state index in [2.05, 4.69) is 25.7 Å². The van der Waals surface area contributed by atoms with Gasteiger partial charge >= 0.3 is 0 Å². The molecule has 0 unspecified atom stereocenters. The van der Waals surface area contributed by atoms with Gasteiger partial charge in [-0.2, -0.15) is 5.10 Å². The molecule has 0 fully saturated rings. The van der Waals surface area contributed by atoms with Crippen molar-refractivity contribution in [2.45, 2.75) is 25.6 Å². The monoisotopic (exact) mass is 365 g/mol. The summed E-state index contributed by atoms with van der Waals surface area (Å²) in [6.45, 7) is 0.931. The van der Waals surface area contributed by atoms with Crippen LogP contribution in [0.5, 0.6) is 0 Å². The lowest BCUT2D eigenvalue weighted by Crippen LogP contribution is -2.36. The average molecular weight is 365 g/mol. The van der Waals surface area contributed by atoms with E-state index >= 15 is 0 Å². The summed E-state index contributed by atoms with van der Waals surface area (Å²) in [5.74, 6) is -0.411. The normalized spacial score (nSPS) is 15.4. The summed E-state index contributed by atoms with van der Waals surface area (Å²) in [5.41, 5.74) is 2.66. The minimum Gasteiger partial charge on any atom is -0.348 e. The average Bonchev–Trinajstić information content (AvgIpc) is 3.36. The van der Waals surface area contributed by atoms with E-state index in [9.17, 15) is 9.59 Å². The molecule has 9 heteroatoms. The third kappa shape index (κ3) is 3.57. The molecular formula is C18H19N7O2. The molecule has 1 aliphatic heterocycles. The lowest BCUT2D eigenvalue weighted by atomic mass is 10.1. The Labute approximate surface area is 155 Å². The second-order valence-corrected chi connectivity index (χ2v) is 6.53. The second-order valence-electron chi connectivity index (χ2n) is 6.53. The van der Waals surface area contributed by atoms with Crippen molar-refractivity contribution in [1.82, 2.24) is 34.9 Å². The number of hydrogen-bond donors (Lipinski definition) is 2. The van der Waals surface area contributed by atoms with Crippen LogP contribution in [-0.2, 0) is 26.6 Å². The number of aromatic nitrogens is 5. The van der Waals surface area contributed by atoms with Crippen molar-refractivity contribution < 1.29 is 9.59 Å². The van der Waals surface area contributed by atoms with E-state index in [1.165, 1.54) is 0 Å². The first kappa shape index (κ1) is 17.0. The predicted octanol–water partition coefficient (Wildman–Crippen LogP) is 0.296. The molecule has 1 atom stereocenters. The highest BCUT2D eigenvalue weighted by Crippen LogP contribution is 2.19. The third-order valence-electron chi connectivity index (χ3n) is 4.47. The summed E-state index contributed by atoms with van der Waals surface area (Å²) in [4.78, 5) is 32.9. The molecule has 1 aliphatic rings. The van der Waals surface area contributed by atoms with Crippen molar-refractivity contribution in [3.8, 4) is 0 Å². The van der Waals surface area contributed by atoms with Gasteiger partial charge in [-0.05, 0) is 11.6 Å². The van der Waals surface area contributed by atoms with Gasteiger partial charge in [0.1, 0.15) is 5.69 Å². The quantitative estimate of drug-likeness (QED) is 0.676. The molecular weight excluding hydrogens is 346 g/mol. The highest BCUT2D eigenvalue weighted by Gasteiger charge is 2.29. The molecule has 0 aliphatic carbocycles. The van der Waals surface area contributed by atoms with E-state index in [1.807, 2.05) is 19.2 Å². The van der Waals surface area contributed by atoms with Crippen molar-refractivity contribution >= 4 is 11.8 Å². The number of nitrogens with one attached hydrogen (secondary N) is 2. The van der Waals surface area contributed by atoms with Crippen molar-refractivity contribution in [3.63, 3.8) is 0 Å². The lowest BCUT2D eigenvalue weighted by molar-refractivity contribution is 0.0930. The Hall–Kier alpha value is -3.49. The molecule has 4 rings (SSSR count). The molecule has 3 aromatic rings. The number of nitrogens with zero attached hydrogens (tertiary/aromatic N) is 5. The maximum atomic E-state index is 12.5. The highest BCUT2D eigenvalue weighted by atomic mass is 16.2. The smallest absolute Gasteiger partial charge is 0.271 e. The largest absolute Gasteiger partial charge is 0.348 e. The van der Waals surface area contributed by atoms with Crippen molar-refractivity contribution in [1.29, 1.82) is 0 Å². The van der Waals surface area contributed by atoms with Gasteiger partial charge in [-0.1, -0.05) is 6.07 Å². The van der Waals surface area contributed by atoms with Crippen LogP contribution in [0.1, 0.15) is 32.1 Å². The van der Waals surface area contributed by atoms with Crippen LogP contribution in [0.25, 0.3) is 0 Å². The molecule has 0 saturated carbocycles. The fourth-order valence-electron chi connectivity index (χ4n) is 3.15. The molecule has 27 heavy (non-hydrogen) atoms. The van der Waals surface area contributed by atoms with Gasteiger partial charge in [0.25, 0.3) is 11.8 Å². The molecule has 4 heterocycles. The summed E-state index contributed by atoms with van der Waals surface area (Å²) in [6, 6.07) is 3.61. The van der Waals surface area contributed by atoms with E-state index in [0.717, 1.165) is 11.3 Å². The van der Waals surface area contributed by atoms with Crippen molar-refractivity contribution in [2.24, 2.45) is 7.05 Å². The minimum absolute atomic E-state index is 0.118. The molecule has 3 aromatic heterocycles. The summed E-state index contributed by atoms with van der Waals surface area (Å²) in [6.07, 6.45) is 8.78. The molecule has 0 spiro atoms. The Kier molecular flexibility index (Phi) is 4.41. The maximum Gasteiger partial charge on any atom is 0.271 e. The maximum absolute atomic E-state index is 12.5. The van der Waals surface area contributed by atoms with Crippen LogP contribution >= 0.6 is 0 Å². The summed E-state index contributed by atoms with van der Waals surface area (Å²) in [7, 11) is 1.81. The van der Waals surface area contributed by atoms with Gasteiger partial charge in [0.05, 0.1) is 36.4 Å². The van der Waals surface area contributed by atoms with Crippen LogP contribution in [0.2, 0.25) is 0 Å². The number of amides is 2. The first-order chi connectivity index (χ1) is 13.1. The van der Waals surface area contributed by atoms with Gasteiger partial charge in [0, 0.05) is 38.6 Å². The number of hydrogen-bond acceptors (Lipinski definition) is 5. The topological polar surface area (TPSA) is 107 Å². The van der Waals surface area contributed by atoms with Crippen LogP contribution in [0, 0.1) is 0 Å². The van der Waals surface area contributed by atoms with E-state index in [1.54, 1.807) is 40.4 Å². The molecule has 2 amide bonds. The second kappa shape index (κ2) is 7.02. The first-order valence-corrected chi connectivity index (χ1v) is 8.61. The standard InChI is InChI=1S/C18H19N7O2/c1-24-10-15(21-11-24)18(27)23-13-5-16-14(8-22-25(16)9-13)17(26)20-7-12-3-2-4-19-6-12/h2-4,6,8,10-11,13H,5,7,9H2,1H3,(H,20,26)(H,23,27)/t13-/m0/s1. The molecule has 0 aromatic carbocycles. The van der Waals surface area contributed by atoms with Crippen molar-refractivity contribution in [2.75, 3.05) is 0 Å². The van der Waals surface area contributed by atoms with Crippen LogP contribution in [-0.4, -0.2) is 42.2 Å². The first-order valence-electron chi connectivity index (χ1n) is 8.61. The van der Waals surface area contributed by atoms with Crippen molar-refractivity contribution in [3.05, 3.63) is 65.8 Å². The SMILES string of the molecule is Cn1cnc(C(=O)N[C@H]2Cc3c(C(=O)NCc4cccnc4)cnn3C2)c1. The summed E-state index contributed by atoms with van der Waals surface area (Å²) < 4.78 is 3.49. The lowest BCUT2D eigenvalue weighted by Gasteiger charge is -2.10. The molecule has 0 bridgehead atoms. The van der Waals surface area contributed by atoms with Crippen LogP contribution in [0.3, 0.4) is 0 Å². The molecule has 0 saturated heterocycles. The summed E-state index contributed by atoms with van der Waals surface area (Å²) >= 11 is 0. The Morgan fingerprint density at radius 3 is 2.93 bits per heavy atom. The van der Waals surface area contributed by atoms with Gasteiger partial charge in [0.2, 0.25) is 0 Å². The fraction of sp³-hybridized carbons (Fsp3) is 0.278. The number of rotatable bonds is 5. The fourth-order valence-corrected chi connectivity index (χ4v) is 3.15. The highest BCUT2D eigenvalue weighted by molar-refractivity contribution is 5.95. The van der Waals surface area contributed by atoms with E-state index in [4.69, 9.17) is 0 Å². The number of fused-ring (bicyclic) bond motifs is 1. The molecule has 0 radical (unpaired) electrons. The number of carbonyl (C=O) groups is 2. The van der Waals surface area contributed by atoms with Crippen LogP contribution < -0.4 is 10.6 Å². The van der Waals surface area contributed by atoms with E-state index in [-0.39, 0.29) is 17.9 Å². The summed E-state index contributed by atoms with van der Waals surface area (Å²) in [5, 5.41) is 10.1. The number of carbonyl (C=O) groups excluding carboxylic acids is 2. The van der Waals surface area contributed by atoms with Crippen LogP contribution in [0.4, 0.5) is 0 Å². The molecule has 138 valence electrons. The number of pyridine rings is 1. The Morgan fingerprint density at radius 2 is 2.19 bits per heavy atom. The Morgan fingerprint density at radius 1 is 1.30 bits per heavy atom. The van der Waals surface area contributed by atoms with Gasteiger partial charge < -0.3 is 15.2 Å². The number of imidazole rings is 1. The third-order valence-corrected chi connectivity index (χ3v) is 4.47. The minimum atomic E-state index is -0.228. The van der Waals surface area contributed by atoms with Gasteiger partial charge in [0.15, 0.2) is 0 Å². The molecule has 9 nitrogen and oxygen atoms in total. The van der Waals surface area contributed by atoms with Gasteiger partial charge in [-0.3, -0.25) is 19.3 Å². The van der Waals surface area contributed by atoms with E-state index < -0.39 is 0 Å². The predicted molar refractivity (Wildman–Crippen MR) is 95.8 cm³/mol. The van der Waals surface area contributed by atoms with Crippen LogP contribution in [0.15, 0.2) is 43.2 Å². The Bertz CT molecular complexity index is 977. The zero-order valence-electron chi connectivity index (χ0n) is 14.8.